The fourth-order valence-electron chi connectivity index (χ4n) is 3.06. The molecule has 0 spiro atoms. The van der Waals surface area contributed by atoms with E-state index in [9.17, 15) is 22.4 Å². The Hall–Kier alpha value is -2.94. The Bertz CT molecular complexity index is 969. The van der Waals surface area contributed by atoms with Crippen LogP contribution in [0.25, 0.3) is 0 Å². The maximum atomic E-state index is 13.0. The molecule has 0 aliphatic heterocycles. The summed E-state index contributed by atoms with van der Waals surface area (Å²) in [4.78, 5) is 23.8. The van der Waals surface area contributed by atoms with Crippen LogP contribution in [0.5, 0.6) is 0 Å². The van der Waals surface area contributed by atoms with Crippen LogP contribution in [0.1, 0.15) is 36.0 Å². The summed E-state index contributed by atoms with van der Waals surface area (Å²) in [5.74, 6) is -1.56. The summed E-state index contributed by atoms with van der Waals surface area (Å²) >= 11 is 0. The van der Waals surface area contributed by atoms with Gasteiger partial charge in [0.25, 0.3) is 15.9 Å². The van der Waals surface area contributed by atoms with E-state index in [1.165, 1.54) is 24.3 Å². The Morgan fingerprint density at radius 1 is 1.00 bits per heavy atom. The van der Waals surface area contributed by atoms with Crippen LogP contribution in [0.15, 0.2) is 53.4 Å². The first kappa shape index (κ1) is 20.8. The van der Waals surface area contributed by atoms with Crippen molar-refractivity contribution in [2.45, 2.75) is 36.6 Å². The molecule has 0 saturated heterocycles. The number of amides is 1. The minimum atomic E-state index is -3.88. The van der Waals surface area contributed by atoms with Gasteiger partial charge in [0.1, 0.15) is 5.82 Å². The highest BCUT2D eigenvalue weighted by Gasteiger charge is 2.18. The van der Waals surface area contributed by atoms with Crippen LogP contribution in [0, 0.1) is 5.82 Å². The molecule has 3 rings (SSSR count). The molecule has 2 N–H and O–H groups in total. The highest BCUT2D eigenvalue weighted by molar-refractivity contribution is 7.92. The van der Waals surface area contributed by atoms with Gasteiger partial charge in [-0.05, 0) is 61.4 Å². The Morgan fingerprint density at radius 2 is 1.62 bits per heavy atom. The van der Waals surface area contributed by atoms with E-state index < -0.39 is 21.8 Å². The molecule has 0 unspecified atom stereocenters. The number of rotatable bonds is 7. The molecule has 154 valence electrons. The third-order valence-electron chi connectivity index (χ3n) is 4.55. The number of hydrogen-bond donors (Lipinski definition) is 2. The highest BCUT2D eigenvalue weighted by Crippen LogP contribution is 2.18. The van der Waals surface area contributed by atoms with Crippen molar-refractivity contribution in [3.8, 4) is 0 Å². The van der Waals surface area contributed by atoms with Gasteiger partial charge in [0.15, 0.2) is 6.61 Å². The number of benzene rings is 2. The van der Waals surface area contributed by atoms with E-state index in [1.807, 2.05) is 0 Å². The largest absolute Gasteiger partial charge is 0.452 e. The Morgan fingerprint density at radius 3 is 2.24 bits per heavy atom. The summed E-state index contributed by atoms with van der Waals surface area (Å²) in [5.41, 5.74) is 0.410. The van der Waals surface area contributed by atoms with Crippen molar-refractivity contribution in [2.75, 3.05) is 11.3 Å². The van der Waals surface area contributed by atoms with Crippen LogP contribution < -0.4 is 10.0 Å². The molecule has 1 fully saturated rings. The summed E-state index contributed by atoms with van der Waals surface area (Å²) in [6.45, 7) is -0.367. The van der Waals surface area contributed by atoms with Gasteiger partial charge in [0, 0.05) is 11.7 Å². The van der Waals surface area contributed by atoms with Crippen LogP contribution in [0.2, 0.25) is 0 Å². The molecule has 0 heterocycles. The summed E-state index contributed by atoms with van der Waals surface area (Å²) in [7, 11) is -3.88. The van der Waals surface area contributed by atoms with Gasteiger partial charge in [0.2, 0.25) is 0 Å². The third-order valence-corrected chi connectivity index (χ3v) is 5.95. The minimum Gasteiger partial charge on any atom is -0.452 e. The minimum absolute atomic E-state index is 0.0874. The molecule has 1 amide bonds. The Labute approximate surface area is 168 Å². The second-order valence-corrected chi connectivity index (χ2v) is 8.44. The fourth-order valence-corrected chi connectivity index (χ4v) is 4.11. The zero-order valence-electron chi connectivity index (χ0n) is 15.6. The summed E-state index contributed by atoms with van der Waals surface area (Å²) < 4.78 is 44.9. The molecular formula is C20H21FN2O5S. The molecule has 7 nitrogen and oxygen atoms in total. The number of carbonyl (C=O) groups is 2. The van der Waals surface area contributed by atoms with Crippen molar-refractivity contribution in [3.63, 3.8) is 0 Å². The second-order valence-electron chi connectivity index (χ2n) is 6.76. The van der Waals surface area contributed by atoms with Crippen LogP contribution in [-0.4, -0.2) is 32.9 Å². The molecule has 0 bridgehead atoms. The molecule has 0 atom stereocenters. The quantitative estimate of drug-likeness (QED) is 0.671. The summed E-state index contributed by atoms with van der Waals surface area (Å²) in [6.07, 6.45) is 4.05. The first-order valence-electron chi connectivity index (χ1n) is 9.18. The average Bonchev–Trinajstić information content (AvgIpc) is 3.20. The molecule has 29 heavy (non-hydrogen) atoms. The van der Waals surface area contributed by atoms with E-state index >= 15 is 0 Å². The van der Waals surface area contributed by atoms with Crippen molar-refractivity contribution in [3.05, 3.63) is 59.9 Å². The van der Waals surface area contributed by atoms with Gasteiger partial charge in [-0.2, -0.15) is 0 Å². The number of carbonyl (C=O) groups excluding carboxylic acids is 2. The summed E-state index contributed by atoms with van der Waals surface area (Å²) in [5, 5.41) is 2.82. The van der Waals surface area contributed by atoms with Crippen molar-refractivity contribution >= 4 is 27.6 Å². The van der Waals surface area contributed by atoms with Crippen LogP contribution in [-0.2, 0) is 19.6 Å². The zero-order chi connectivity index (χ0) is 20.9. The first-order valence-corrected chi connectivity index (χ1v) is 10.7. The van der Waals surface area contributed by atoms with Crippen molar-refractivity contribution in [1.82, 2.24) is 5.32 Å². The van der Waals surface area contributed by atoms with Gasteiger partial charge in [-0.1, -0.05) is 12.8 Å². The normalized spacial score (nSPS) is 14.4. The van der Waals surface area contributed by atoms with E-state index in [2.05, 4.69) is 10.0 Å². The van der Waals surface area contributed by atoms with Gasteiger partial charge in [0.05, 0.1) is 10.5 Å². The summed E-state index contributed by atoms with van der Waals surface area (Å²) in [6, 6.07) is 10.1. The standard InChI is InChI=1S/C20H21FN2O5S/c21-15-7-11-18(12-8-15)29(26,27)23-17-9-5-14(6-10-17)20(25)28-13-19(24)22-16-3-1-2-4-16/h5-12,16,23H,1-4,13H2,(H,22,24). The van der Waals surface area contributed by atoms with E-state index in [-0.39, 0.29) is 34.7 Å². The number of esters is 1. The maximum absolute atomic E-state index is 13.0. The lowest BCUT2D eigenvalue weighted by molar-refractivity contribution is -0.124. The molecule has 1 saturated carbocycles. The Balaban J connectivity index is 1.54. The predicted octanol–water partition coefficient (Wildman–Crippen LogP) is 2.84. The lowest BCUT2D eigenvalue weighted by atomic mass is 10.2. The zero-order valence-corrected chi connectivity index (χ0v) is 16.4. The number of nitrogens with one attached hydrogen (secondary N) is 2. The second kappa shape index (κ2) is 9.04. The molecule has 0 radical (unpaired) electrons. The van der Waals surface area contributed by atoms with E-state index in [0.717, 1.165) is 49.9 Å². The monoisotopic (exact) mass is 420 g/mol. The van der Waals surface area contributed by atoms with Gasteiger partial charge < -0.3 is 10.1 Å². The smallest absolute Gasteiger partial charge is 0.338 e. The van der Waals surface area contributed by atoms with E-state index in [0.29, 0.717) is 0 Å². The fraction of sp³-hybridized carbons (Fsp3) is 0.300. The number of ether oxygens (including phenoxy) is 1. The Kier molecular flexibility index (Phi) is 6.48. The SMILES string of the molecule is O=C(COC(=O)c1ccc(NS(=O)(=O)c2ccc(F)cc2)cc1)NC1CCCC1. The highest BCUT2D eigenvalue weighted by atomic mass is 32.2. The van der Waals surface area contributed by atoms with E-state index in [4.69, 9.17) is 4.74 Å². The lowest BCUT2D eigenvalue weighted by Crippen LogP contribution is -2.35. The van der Waals surface area contributed by atoms with Crippen molar-refractivity contribution in [1.29, 1.82) is 0 Å². The third kappa shape index (κ3) is 5.77. The number of anilines is 1. The van der Waals surface area contributed by atoms with Gasteiger partial charge in [-0.15, -0.1) is 0 Å². The van der Waals surface area contributed by atoms with Gasteiger partial charge in [-0.25, -0.2) is 17.6 Å². The maximum Gasteiger partial charge on any atom is 0.338 e. The predicted molar refractivity (Wildman–Crippen MR) is 104 cm³/mol. The lowest BCUT2D eigenvalue weighted by Gasteiger charge is -2.12. The molecule has 1 aliphatic rings. The molecule has 2 aromatic rings. The van der Waals surface area contributed by atoms with Crippen molar-refractivity contribution < 1.29 is 27.1 Å². The molecule has 9 heteroatoms. The number of hydrogen-bond acceptors (Lipinski definition) is 5. The first-order chi connectivity index (χ1) is 13.8. The molecule has 0 aromatic heterocycles. The topological polar surface area (TPSA) is 102 Å². The van der Waals surface area contributed by atoms with Crippen LogP contribution in [0.3, 0.4) is 0 Å². The van der Waals surface area contributed by atoms with Gasteiger partial charge >= 0.3 is 5.97 Å². The van der Waals surface area contributed by atoms with Crippen LogP contribution in [0.4, 0.5) is 10.1 Å². The molecule has 2 aromatic carbocycles. The van der Waals surface area contributed by atoms with Crippen LogP contribution >= 0.6 is 0 Å². The molecule has 1 aliphatic carbocycles. The van der Waals surface area contributed by atoms with E-state index in [1.54, 1.807) is 0 Å². The number of halogens is 1. The van der Waals surface area contributed by atoms with Gasteiger partial charge in [-0.3, -0.25) is 9.52 Å². The number of sulfonamides is 1. The molecular weight excluding hydrogens is 399 g/mol. The average molecular weight is 420 g/mol. The van der Waals surface area contributed by atoms with Crippen molar-refractivity contribution in [2.24, 2.45) is 0 Å².